The quantitative estimate of drug-likeness (QED) is 0.429. The minimum absolute atomic E-state index is 0.0373. The van der Waals surface area contributed by atoms with Crippen molar-refractivity contribution < 1.29 is 29.3 Å². The third-order valence-electron chi connectivity index (χ3n) is 5.24. The van der Waals surface area contributed by atoms with Gasteiger partial charge < -0.3 is 25.4 Å². The van der Waals surface area contributed by atoms with Crippen LogP contribution in [0.15, 0.2) is 30.3 Å². The molecule has 0 aliphatic heterocycles. The van der Waals surface area contributed by atoms with Crippen LogP contribution < -0.4 is 5.73 Å². The SMILES string of the molecule is CC(C)[C@H](COCc1ccccc1)C[C@H](C(=O)OC(C)(C)C)[C@@H](O)CC(C)(N)C(=O)O. The number of esters is 1. The maximum absolute atomic E-state index is 12.9. The van der Waals surface area contributed by atoms with Gasteiger partial charge in [-0.15, -0.1) is 0 Å². The average molecular weight is 438 g/mol. The van der Waals surface area contributed by atoms with Crippen molar-refractivity contribution in [2.75, 3.05) is 6.61 Å². The number of hydrogen-bond donors (Lipinski definition) is 3. The summed E-state index contributed by atoms with van der Waals surface area (Å²) < 4.78 is 11.4. The molecule has 0 heterocycles. The highest BCUT2D eigenvalue weighted by Crippen LogP contribution is 2.29. The summed E-state index contributed by atoms with van der Waals surface area (Å²) in [5.41, 5.74) is 4.49. The van der Waals surface area contributed by atoms with Gasteiger partial charge in [-0.2, -0.15) is 0 Å². The highest BCUT2D eigenvalue weighted by Gasteiger charge is 2.39. The minimum Gasteiger partial charge on any atom is -0.480 e. The van der Waals surface area contributed by atoms with E-state index < -0.39 is 35.1 Å². The van der Waals surface area contributed by atoms with E-state index in [1.54, 1.807) is 20.8 Å². The third-order valence-corrected chi connectivity index (χ3v) is 5.24. The summed E-state index contributed by atoms with van der Waals surface area (Å²) in [6.07, 6.45) is -1.21. The average Bonchev–Trinajstić information content (AvgIpc) is 2.62. The molecule has 0 bridgehead atoms. The van der Waals surface area contributed by atoms with Crippen LogP contribution in [0.4, 0.5) is 0 Å². The van der Waals surface area contributed by atoms with Gasteiger partial charge in [-0.05, 0) is 51.5 Å². The Kier molecular flexibility index (Phi) is 10.1. The van der Waals surface area contributed by atoms with Gasteiger partial charge >= 0.3 is 11.9 Å². The Hall–Kier alpha value is -1.96. The Morgan fingerprint density at radius 1 is 1.10 bits per heavy atom. The first-order chi connectivity index (χ1) is 14.2. The Morgan fingerprint density at radius 3 is 2.16 bits per heavy atom. The van der Waals surface area contributed by atoms with Gasteiger partial charge in [0.2, 0.25) is 0 Å². The molecule has 0 saturated heterocycles. The molecular weight excluding hydrogens is 398 g/mol. The van der Waals surface area contributed by atoms with Crippen molar-refractivity contribution in [1.29, 1.82) is 0 Å². The molecule has 1 aromatic carbocycles. The van der Waals surface area contributed by atoms with Crippen LogP contribution in [-0.4, -0.2) is 46.0 Å². The molecule has 4 N–H and O–H groups in total. The zero-order chi connectivity index (χ0) is 23.8. The molecule has 0 aromatic heterocycles. The number of aliphatic hydroxyl groups is 1. The first-order valence-electron chi connectivity index (χ1n) is 10.8. The number of carbonyl (C=O) groups is 2. The highest BCUT2D eigenvalue weighted by molar-refractivity contribution is 5.78. The molecule has 1 rings (SSSR count). The van der Waals surface area contributed by atoms with Crippen LogP contribution in [0, 0.1) is 17.8 Å². The van der Waals surface area contributed by atoms with Gasteiger partial charge in [0.05, 0.1) is 25.2 Å². The van der Waals surface area contributed by atoms with E-state index in [9.17, 15) is 19.8 Å². The van der Waals surface area contributed by atoms with E-state index in [-0.39, 0.29) is 18.3 Å². The lowest BCUT2D eigenvalue weighted by molar-refractivity contribution is -0.167. The van der Waals surface area contributed by atoms with Gasteiger partial charge in [-0.1, -0.05) is 44.2 Å². The van der Waals surface area contributed by atoms with Crippen LogP contribution in [0.5, 0.6) is 0 Å². The number of carboxylic acids is 1. The lowest BCUT2D eigenvalue weighted by Crippen LogP contribution is -2.50. The molecule has 0 fully saturated rings. The molecule has 0 amide bonds. The maximum atomic E-state index is 12.9. The molecule has 7 nitrogen and oxygen atoms in total. The number of nitrogens with two attached hydrogens (primary N) is 1. The molecule has 1 aromatic rings. The predicted octanol–water partition coefficient (Wildman–Crippen LogP) is 3.38. The smallest absolute Gasteiger partial charge is 0.323 e. The van der Waals surface area contributed by atoms with Crippen molar-refractivity contribution in [1.82, 2.24) is 0 Å². The Bertz CT molecular complexity index is 696. The second kappa shape index (κ2) is 11.6. The van der Waals surface area contributed by atoms with Crippen molar-refractivity contribution in [3.8, 4) is 0 Å². The first kappa shape index (κ1) is 27.1. The van der Waals surface area contributed by atoms with Crippen LogP contribution in [0.25, 0.3) is 0 Å². The monoisotopic (exact) mass is 437 g/mol. The number of benzene rings is 1. The van der Waals surface area contributed by atoms with Gasteiger partial charge in [0.1, 0.15) is 11.1 Å². The molecule has 0 aliphatic carbocycles. The number of aliphatic carboxylic acids is 1. The van der Waals surface area contributed by atoms with Gasteiger partial charge in [-0.3, -0.25) is 9.59 Å². The molecule has 1 unspecified atom stereocenters. The normalized spacial score (nSPS) is 16.9. The van der Waals surface area contributed by atoms with Crippen LogP contribution >= 0.6 is 0 Å². The fourth-order valence-corrected chi connectivity index (χ4v) is 3.21. The third kappa shape index (κ3) is 9.80. The van der Waals surface area contributed by atoms with Crippen LogP contribution in [0.2, 0.25) is 0 Å². The van der Waals surface area contributed by atoms with E-state index in [4.69, 9.17) is 15.2 Å². The van der Waals surface area contributed by atoms with Crippen LogP contribution in [-0.2, 0) is 25.7 Å². The van der Waals surface area contributed by atoms with Gasteiger partial charge in [0.15, 0.2) is 0 Å². The Morgan fingerprint density at radius 2 is 1.68 bits per heavy atom. The molecule has 176 valence electrons. The topological polar surface area (TPSA) is 119 Å². The molecule has 0 aliphatic rings. The summed E-state index contributed by atoms with van der Waals surface area (Å²) in [4.78, 5) is 24.3. The Balaban J connectivity index is 2.94. The minimum atomic E-state index is -1.66. The second-order valence-corrected chi connectivity index (χ2v) is 9.87. The summed E-state index contributed by atoms with van der Waals surface area (Å²) in [5, 5.41) is 20.1. The second-order valence-electron chi connectivity index (χ2n) is 9.87. The van der Waals surface area contributed by atoms with Crippen molar-refractivity contribution in [3.63, 3.8) is 0 Å². The lowest BCUT2D eigenvalue weighted by Gasteiger charge is -2.32. The summed E-state index contributed by atoms with van der Waals surface area (Å²) in [7, 11) is 0. The maximum Gasteiger partial charge on any atom is 0.323 e. The zero-order valence-electron chi connectivity index (χ0n) is 19.6. The number of hydrogen-bond acceptors (Lipinski definition) is 6. The summed E-state index contributed by atoms with van der Waals surface area (Å²) in [6, 6.07) is 9.78. The summed E-state index contributed by atoms with van der Waals surface area (Å²) in [5.74, 6) is -2.56. The summed E-state index contributed by atoms with van der Waals surface area (Å²) >= 11 is 0. The van der Waals surface area contributed by atoms with E-state index in [1.165, 1.54) is 6.92 Å². The Labute approximate surface area is 185 Å². The predicted molar refractivity (Wildman–Crippen MR) is 119 cm³/mol. The zero-order valence-corrected chi connectivity index (χ0v) is 19.6. The highest BCUT2D eigenvalue weighted by atomic mass is 16.6. The number of carbonyl (C=O) groups excluding carboxylic acids is 1. The first-order valence-corrected chi connectivity index (χ1v) is 10.8. The van der Waals surface area contributed by atoms with E-state index in [0.29, 0.717) is 19.6 Å². The number of carboxylic acid groups (broad SMARTS) is 1. The fraction of sp³-hybridized carbons (Fsp3) is 0.667. The van der Waals surface area contributed by atoms with E-state index in [2.05, 4.69) is 0 Å². The fourth-order valence-electron chi connectivity index (χ4n) is 3.21. The molecule has 31 heavy (non-hydrogen) atoms. The number of aliphatic hydroxyl groups excluding tert-OH is 1. The lowest BCUT2D eigenvalue weighted by atomic mass is 9.81. The summed E-state index contributed by atoms with van der Waals surface area (Å²) in [6.45, 7) is 11.5. The molecule has 0 radical (unpaired) electrons. The molecule has 4 atom stereocenters. The largest absolute Gasteiger partial charge is 0.480 e. The van der Waals surface area contributed by atoms with Gasteiger partial charge in [0, 0.05) is 6.42 Å². The van der Waals surface area contributed by atoms with Crippen molar-refractivity contribution in [2.24, 2.45) is 23.5 Å². The van der Waals surface area contributed by atoms with Gasteiger partial charge in [-0.25, -0.2) is 0 Å². The molecule has 0 spiro atoms. The molecule has 0 saturated carbocycles. The van der Waals surface area contributed by atoms with Crippen molar-refractivity contribution in [2.45, 2.75) is 78.2 Å². The number of ether oxygens (including phenoxy) is 2. The van der Waals surface area contributed by atoms with Gasteiger partial charge in [0.25, 0.3) is 0 Å². The standard InChI is InChI=1S/C24H39NO6/c1-16(2)18(15-30-14-17-10-8-7-9-11-17)12-19(21(27)31-23(3,4)5)20(26)13-24(6,25)22(28)29/h7-11,16,18-20,26H,12-15,25H2,1-6H3,(H,28,29)/t18-,19-,20-,24?/m0/s1. The van der Waals surface area contributed by atoms with E-state index in [0.717, 1.165) is 5.56 Å². The van der Waals surface area contributed by atoms with Crippen molar-refractivity contribution >= 4 is 11.9 Å². The molecular formula is C24H39NO6. The molecule has 7 heteroatoms. The van der Waals surface area contributed by atoms with Crippen LogP contribution in [0.1, 0.15) is 59.9 Å². The van der Waals surface area contributed by atoms with Crippen molar-refractivity contribution in [3.05, 3.63) is 35.9 Å². The van der Waals surface area contributed by atoms with Crippen LogP contribution in [0.3, 0.4) is 0 Å². The van der Waals surface area contributed by atoms with E-state index >= 15 is 0 Å². The number of rotatable bonds is 12. The van der Waals surface area contributed by atoms with E-state index in [1.807, 2.05) is 44.2 Å².